The molecule has 0 radical (unpaired) electrons. The lowest BCUT2D eigenvalue weighted by molar-refractivity contribution is 0.255. The van der Waals surface area contributed by atoms with E-state index >= 15 is 0 Å². The van der Waals surface area contributed by atoms with Gasteiger partial charge in [0.2, 0.25) is 5.95 Å². The Hall–Kier alpha value is -0.940. The minimum absolute atomic E-state index is 0.0909. The van der Waals surface area contributed by atoms with Gasteiger partial charge in [-0.15, -0.1) is 0 Å². The van der Waals surface area contributed by atoms with Gasteiger partial charge in [-0.3, -0.25) is 0 Å². The van der Waals surface area contributed by atoms with E-state index < -0.39 is 6.17 Å². The first-order chi connectivity index (χ1) is 7.20. The summed E-state index contributed by atoms with van der Waals surface area (Å²) < 4.78 is 13.1. The van der Waals surface area contributed by atoms with Crippen molar-refractivity contribution >= 4 is 17.5 Å². The molecule has 1 aliphatic heterocycles. The number of alkyl halides is 1. The van der Waals surface area contributed by atoms with Crippen LogP contribution >= 0.6 is 11.6 Å². The molecule has 0 bridgehead atoms. The molecule has 1 N–H and O–H groups in total. The normalized spacial score (nSPS) is 25.9. The van der Waals surface area contributed by atoms with Gasteiger partial charge in [-0.2, -0.15) is 0 Å². The molecule has 4 nitrogen and oxygen atoms in total. The maximum absolute atomic E-state index is 13.1. The minimum Gasteiger partial charge on any atom is -0.394 e. The van der Waals surface area contributed by atoms with Crippen LogP contribution in [-0.2, 0) is 0 Å². The molecular formula is C9H11ClFN3O. The van der Waals surface area contributed by atoms with Crippen LogP contribution in [0.15, 0.2) is 12.4 Å². The Morgan fingerprint density at radius 3 is 2.80 bits per heavy atom. The second kappa shape index (κ2) is 4.28. The van der Waals surface area contributed by atoms with Gasteiger partial charge in [0.05, 0.1) is 36.6 Å². The Labute approximate surface area is 91.7 Å². The zero-order valence-corrected chi connectivity index (χ0v) is 8.73. The Bertz CT molecular complexity index is 335. The molecule has 0 unspecified atom stereocenters. The molecule has 2 atom stereocenters. The van der Waals surface area contributed by atoms with E-state index in [1.807, 2.05) is 0 Å². The van der Waals surface area contributed by atoms with E-state index in [2.05, 4.69) is 9.97 Å². The van der Waals surface area contributed by atoms with E-state index in [0.717, 1.165) is 0 Å². The van der Waals surface area contributed by atoms with Crippen LogP contribution in [0, 0.1) is 0 Å². The van der Waals surface area contributed by atoms with Crippen molar-refractivity contribution in [2.45, 2.75) is 18.6 Å². The summed E-state index contributed by atoms with van der Waals surface area (Å²) in [5.41, 5.74) is 0. The van der Waals surface area contributed by atoms with Crippen LogP contribution < -0.4 is 4.90 Å². The number of nitrogens with zero attached hydrogens (tertiary/aromatic N) is 3. The summed E-state index contributed by atoms with van der Waals surface area (Å²) in [5.74, 6) is 0.415. The van der Waals surface area contributed by atoms with Crippen LogP contribution in [0.5, 0.6) is 0 Å². The molecule has 1 aliphatic rings. The van der Waals surface area contributed by atoms with E-state index in [0.29, 0.717) is 17.4 Å². The van der Waals surface area contributed by atoms with Crippen LogP contribution in [-0.4, -0.2) is 40.4 Å². The Kier molecular flexibility index (Phi) is 3.02. The first-order valence-corrected chi connectivity index (χ1v) is 5.07. The van der Waals surface area contributed by atoms with E-state index in [1.54, 1.807) is 4.90 Å². The molecule has 82 valence electrons. The average molecular weight is 232 g/mol. The summed E-state index contributed by atoms with van der Waals surface area (Å²) in [5, 5.41) is 9.52. The fourth-order valence-corrected chi connectivity index (χ4v) is 1.83. The smallest absolute Gasteiger partial charge is 0.225 e. The Morgan fingerprint density at radius 2 is 2.20 bits per heavy atom. The van der Waals surface area contributed by atoms with E-state index in [-0.39, 0.29) is 19.2 Å². The largest absolute Gasteiger partial charge is 0.394 e. The molecule has 0 aliphatic carbocycles. The van der Waals surface area contributed by atoms with Crippen LogP contribution in [0.2, 0.25) is 5.02 Å². The topological polar surface area (TPSA) is 49.2 Å². The first kappa shape index (κ1) is 10.6. The van der Waals surface area contributed by atoms with Gasteiger partial charge in [0.15, 0.2) is 0 Å². The number of halogens is 2. The summed E-state index contributed by atoms with van der Waals surface area (Å²) in [6, 6.07) is -0.235. The second-order valence-electron chi connectivity index (χ2n) is 3.52. The van der Waals surface area contributed by atoms with Crippen LogP contribution in [0.25, 0.3) is 0 Å². The number of anilines is 1. The monoisotopic (exact) mass is 231 g/mol. The maximum atomic E-state index is 13.1. The molecule has 6 heteroatoms. The van der Waals surface area contributed by atoms with Crippen molar-refractivity contribution < 1.29 is 9.50 Å². The molecule has 0 spiro atoms. The van der Waals surface area contributed by atoms with Gasteiger partial charge in [-0.1, -0.05) is 11.6 Å². The number of rotatable bonds is 2. The highest BCUT2D eigenvalue weighted by atomic mass is 35.5. The Balaban J connectivity index is 2.19. The van der Waals surface area contributed by atoms with Crippen molar-refractivity contribution in [3.05, 3.63) is 17.4 Å². The van der Waals surface area contributed by atoms with Gasteiger partial charge in [0.1, 0.15) is 6.17 Å². The fraction of sp³-hybridized carbons (Fsp3) is 0.556. The predicted octanol–water partition coefficient (Wildman–Crippen LogP) is 1.04. The third kappa shape index (κ3) is 2.18. The second-order valence-corrected chi connectivity index (χ2v) is 3.96. The first-order valence-electron chi connectivity index (χ1n) is 4.70. The van der Waals surface area contributed by atoms with Gasteiger partial charge in [-0.25, -0.2) is 14.4 Å². The highest BCUT2D eigenvalue weighted by molar-refractivity contribution is 6.30. The lowest BCUT2D eigenvalue weighted by Crippen LogP contribution is -2.33. The lowest BCUT2D eigenvalue weighted by Gasteiger charge is -2.21. The fourth-order valence-electron chi connectivity index (χ4n) is 1.73. The third-order valence-electron chi connectivity index (χ3n) is 2.44. The Morgan fingerprint density at radius 1 is 1.53 bits per heavy atom. The molecule has 0 amide bonds. The number of aliphatic hydroxyl groups is 1. The van der Waals surface area contributed by atoms with Crippen molar-refractivity contribution in [3.63, 3.8) is 0 Å². The van der Waals surface area contributed by atoms with E-state index in [1.165, 1.54) is 12.4 Å². The summed E-state index contributed by atoms with van der Waals surface area (Å²) in [4.78, 5) is 9.66. The van der Waals surface area contributed by atoms with Crippen LogP contribution in [0.1, 0.15) is 6.42 Å². The van der Waals surface area contributed by atoms with Crippen molar-refractivity contribution in [1.82, 2.24) is 9.97 Å². The quantitative estimate of drug-likeness (QED) is 0.826. The van der Waals surface area contributed by atoms with Crippen molar-refractivity contribution in [2.24, 2.45) is 0 Å². The molecule has 2 rings (SSSR count). The molecule has 2 heterocycles. The van der Waals surface area contributed by atoms with Gasteiger partial charge in [0, 0.05) is 6.42 Å². The molecule has 1 fully saturated rings. The predicted molar refractivity (Wildman–Crippen MR) is 54.8 cm³/mol. The summed E-state index contributed by atoms with van der Waals surface area (Å²) in [7, 11) is 0. The maximum Gasteiger partial charge on any atom is 0.225 e. The molecule has 0 saturated carbocycles. The highest BCUT2D eigenvalue weighted by Crippen LogP contribution is 2.24. The van der Waals surface area contributed by atoms with Crippen molar-refractivity contribution in [3.8, 4) is 0 Å². The summed E-state index contributed by atoms with van der Waals surface area (Å²) in [6.45, 7) is 0.138. The van der Waals surface area contributed by atoms with Crippen LogP contribution in [0.4, 0.5) is 10.3 Å². The van der Waals surface area contributed by atoms with E-state index in [4.69, 9.17) is 16.7 Å². The minimum atomic E-state index is -0.929. The molecular weight excluding hydrogens is 221 g/mol. The average Bonchev–Trinajstić information content (AvgIpc) is 2.61. The number of aliphatic hydroxyl groups excluding tert-OH is 1. The summed E-state index contributed by atoms with van der Waals surface area (Å²) >= 11 is 5.65. The SMILES string of the molecule is OC[C@@H]1C[C@H](F)CN1c1ncc(Cl)cn1. The molecule has 15 heavy (non-hydrogen) atoms. The lowest BCUT2D eigenvalue weighted by atomic mass is 10.2. The molecule has 1 aromatic heterocycles. The molecule has 1 saturated heterocycles. The number of aromatic nitrogens is 2. The molecule has 1 aromatic rings. The molecule has 0 aromatic carbocycles. The van der Waals surface area contributed by atoms with Crippen molar-refractivity contribution in [1.29, 1.82) is 0 Å². The highest BCUT2D eigenvalue weighted by Gasteiger charge is 2.33. The van der Waals surface area contributed by atoms with Gasteiger partial charge >= 0.3 is 0 Å². The zero-order valence-electron chi connectivity index (χ0n) is 7.98. The standard InChI is InChI=1S/C9H11ClFN3O/c10-6-2-12-9(13-3-6)14-4-7(11)1-8(14)5-15/h2-3,7-8,15H,1,4-5H2/t7-,8-/m0/s1. The number of hydrogen-bond acceptors (Lipinski definition) is 4. The number of hydrogen-bond donors (Lipinski definition) is 1. The van der Waals surface area contributed by atoms with Crippen molar-refractivity contribution in [2.75, 3.05) is 18.1 Å². The zero-order chi connectivity index (χ0) is 10.8. The third-order valence-corrected chi connectivity index (χ3v) is 2.63. The van der Waals surface area contributed by atoms with Gasteiger partial charge in [0.25, 0.3) is 0 Å². The summed E-state index contributed by atoms with van der Waals surface area (Å²) in [6.07, 6.45) is 2.32. The van der Waals surface area contributed by atoms with E-state index in [9.17, 15) is 4.39 Å². The van der Waals surface area contributed by atoms with Gasteiger partial charge in [-0.05, 0) is 0 Å². The van der Waals surface area contributed by atoms with Gasteiger partial charge < -0.3 is 10.0 Å². The van der Waals surface area contributed by atoms with Crippen LogP contribution in [0.3, 0.4) is 0 Å².